The molecule has 4 rings (SSSR count). The smallest absolute Gasteiger partial charge is 0.115 e. The molecule has 2 heteroatoms. The van der Waals surface area contributed by atoms with Gasteiger partial charge in [0.1, 0.15) is 5.75 Å². The fraction of sp³-hybridized carbons (Fsp3) is 0.700. The first-order valence-electron chi connectivity index (χ1n) is 8.89. The Kier molecular flexibility index (Phi) is 3.14. The number of fused-ring (bicyclic) bond motifs is 5. The summed E-state index contributed by atoms with van der Waals surface area (Å²) in [4.78, 5) is 0. The van der Waals surface area contributed by atoms with E-state index in [2.05, 4.69) is 26.8 Å². The predicted octanol–water partition coefficient (Wildman–Crippen LogP) is 4.10. The average Bonchev–Trinajstić information content (AvgIpc) is 2.71. The number of aliphatic hydroxyl groups is 1. The number of hydrogen-bond donors (Lipinski definition) is 2. The number of hydrogen-bond acceptors (Lipinski definition) is 2. The van der Waals surface area contributed by atoms with Gasteiger partial charge in [-0.25, -0.2) is 0 Å². The number of aromatic hydroxyl groups is 1. The molecule has 2 saturated carbocycles. The number of benzene rings is 1. The third-order valence-electron chi connectivity index (χ3n) is 7.09. The summed E-state index contributed by atoms with van der Waals surface area (Å²) in [5.74, 6) is 3.62. The van der Waals surface area contributed by atoms with Gasteiger partial charge in [-0.3, -0.25) is 0 Å². The number of rotatable bonds is 0. The summed E-state index contributed by atoms with van der Waals surface area (Å²) < 4.78 is 0. The van der Waals surface area contributed by atoms with Gasteiger partial charge in [0.25, 0.3) is 0 Å². The van der Waals surface area contributed by atoms with Crippen LogP contribution in [0.1, 0.15) is 57.1 Å². The van der Waals surface area contributed by atoms with E-state index in [4.69, 9.17) is 0 Å². The van der Waals surface area contributed by atoms with E-state index in [0.717, 1.165) is 19.3 Å². The highest BCUT2D eigenvalue weighted by molar-refractivity contribution is 5.41. The van der Waals surface area contributed by atoms with Crippen molar-refractivity contribution in [3.63, 3.8) is 0 Å². The van der Waals surface area contributed by atoms with E-state index < -0.39 is 0 Å². The highest BCUT2D eigenvalue weighted by Crippen LogP contribution is 2.63. The molecule has 7 atom stereocenters. The van der Waals surface area contributed by atoms with Gasteiger partial charge in [0, 0.05) is 0 Å². The maximum absolute atomic E-state index is 10.3. The van der Waals surface area contributed by atoms with E-state index in [9.17, 15) is 10.2 Å². The molecule has 120 valence electrons. The van der Waals surface area contributed by atoms with Crippen molar-refractivity contribution < 1.29 is 10.2 Å². The van der Waals surface area contributed by atoms with Crippen LogP contribution in [0.15, 0.2) is 18.2 Å². The first-order chi connectivity index (χ1) is 10.4. The standard InChI is InChI=1S/C20H28O2/c1-11-6-13-7-14(21)4-5-16(13)18-12(2)9-20(3)10-15(22)8-17(20)19(11)18/h4-5,7,11-12,15,17-19,21-22H,6,8-10H2,1-3H3/t11-,12+,15+,17+,18-,19+,20-/m1/s1. The Morgan fingerprint density at radius 3 is 2.68 bits per heavy atom. The lowest BCUT2D eigenvalue weighted by atomic mass is 9.50. The number of aliphatic hydroxyl groups excluding tert-OH is 1. The van der Waals surface area contributed by atoms with Gasteiger partial charge in [-0.15, -0.1) is 0 Å². The van der Waals surface area contributed by atoms with Crippen LogP contribution < -0.4 is 0 Å². The second-order valence-electron chi connectivity index (χ2n) is 8.70. The summed E-state index contributed by atoms with van der Waals surface area (Å²) >= 11 is 0. The van der Waals surface area contributed by atoms with Crippen molar-refractivity contribution in [2.45, 2.75) is 58.5 Å². The Morgan fingerprint density at radius 1 is 1.14 bits per heavy atom. The lowest BCUT2D eigenvalue weighted by Crippen LogP contribution is -2.46. The van der Waals surface area contributed by atoms with Gasteiger partial charge in [0.15, 0.2) is 0 Å². The van der Waals surface area contributed by atoms with Crippen LogP contribution in [0.2, 0.25) is 0 Å². The molecule has 3 aliphatic carbocycles. The van der Waals surface area contributed by atoms with Crippen molar-refractivity contribution in [3.8, 4) is 5.75 Å². The van der Waals surface area contributed by atoms with Gasteiger partial charge in [-0.2, -0.15) is 0 Å². The molecule has 22 heavy (non-hydrogen) atoms. The van der Waals surface area contributed by atoms with Crippen LogP contribution in [-0.2, 0) is 6.42 Å². The summed E-state index contributed by atoms with van der Waals surface area (Å²) in [6.45, 7) is 7.20. The molecule has 0 radical (unpaired) electrons. The second-order valence-corrected chi connectivity index (χ2v) is 8.70. The molecule has 0 heterocycles. The fourth-order valence-electron chi connectivity index (χ4n) is 6.54. The van der Waals surface area contributed by atoms with E-state index in [1.54, 1.807) is 0 Å². The summed E-state index contributed by atoms with van der Waals surface area (Å²) in [6.07, 6.45) is 4.17. The molecule has 0 aliphatic heterocycles. The van der Waals surface area contributed by atoms with Crippen molar-refractivity contribution in [1.82, 2.24) is 0 Å². The zero-order valence-electron chi connectivity index (χ0n) is 13.9. The summed E-state index contributed by atoms with van der Waals surface area (Å²) in [6, 6.07) is 6.00. The van der Waals surface area contributed by atoms with Gasteiger partial charge in [0.2, 0.25) is 0 Å². The van der Waals surface area contributed by atoms with Gasteiger partial charge in [-0.05, 0) is 83.9 Å². The molecule has 3 aliphatic rings. The van der Waals surface area contributed by atoms with Crippen LogP contribution in [0.25, 0.3) is 0 Å². The van der Waals surface area contributed by atoms with Gasteiger partial charge < -0.3 is 10.2 Å². The third-order valence-corrected chi connectivity index (χ3v) is 7.09. The largest absolute Gasteiger partial charge is 0.508 e. The van der Waals surface area contributed by atoms with Gasteiger partial charge >= 0.3 is 0 Å². The molecule has 0 amide bonds. The van der Waals surface area contributed by atoms with Crippen LogP contribution >= 0.6 is 0 Å². The Morgan fingerprint density at radius 2 is 1.91 bits per heavy atom. The molecule has 0 spiro atoms. The fourth-order valence-corrected chi connectivity index (χ4v) is 6.54. The molecule has 2 nitrogen and oxygen atoms in total. The highest BCUT2D eigenvalue weighted by atomic mass is 16.3. The maximum atomic E-state index is 10.3. The van der Waals surface area contributed by atoms with Crippen molar-refractivity contribution in [2.75, 3.05) is 0 Å². The van der Waals surface area contributed by atoms with E-state index in [1.165, 1.54) is 17.5 Å². The van der Waals surface area contributed by atoms with Gasteiger partial charge in [-0.1, -0.05) is 26.8 Å². The zero-order valence-corrected chi connectivity index (χ0v) is 13.9. The van der Waals surface area contributed by atoms with Crippen molar-refractivity contribution in [2.24, 2.45) is 29.1 Å². The lowest BCUT2D eigenvalue weighted by molar-refractivity contribution is -0.00101. The lowest BCUT2D eigenvalue weighted by Gasteiger charge is -2.54. The second kappa shape index (κ2) is 4.74. The molecule has 0 bridgehead atoms. The van der Waals surface area contributed by atoms with E-state index in [-0.39, 0.29) is 6.10 Å². The van der Waals surface area contributed by atoms with E-state index in [1.807, 2.05) is 12.1 Å². The predicted molar refractivity (Wildman–Crippen MR) is 87.8 cm³/mol. The van der Waals surface area contributed by atoms with Crippen LogP contribution in [0.4, 0.5) is 0 Å². The number of phenols is 1. The Balaban J connectivity index is 1.80. The maximum Gasteiger partial charge on any atom is 0.115 e. The molecular formula is C20H28O2. The third kappa shape index (κ3) is 1.96. The number of phenolic OH excluding ortho intramolecular Hbond substituents is 1. The molecule has 2 N–H and O–H groups in total. The Hall–Kier alpha value is -1.02. The summed E-state index contributed by atoms with van der Waals surface area (Å²) in [7, 11) is 0. The first kappa shape index (κ1) is 14.6. The zero-order chi connectivity index (χ0) is 15.6. The van der Waals surface area contributed by atoms with Crippen molar-refractivity contribution in [3.05, 3.63) is 29.3 Å². The monoisotopic (exact) mass is 300 g/mol. The van der Waals surface area contributed by atoms with E-state index in [0.29, 0.717) is 40.8 Å². The molecule has 1 aromatic rings. The topological polar surface area (TPSA) is 40.5 Å². The normalized spacial score (nSPS) is 46.7. The summed E-state index contributed by atoms with van der Waals surface area (Å²) in [5.41, 5.74) is 3.14. The van der Waals surface area contributed by atoms with Crippen LogP contribution in [0, 0.1) is 29.1 Å². The van der Waals surface area contributed by atoms with Crippen LogP contribution in [0.5, 0.6) is 5.75 Å². The minimum absolute atomic E-state index is 0.102. The minimum Gasteiger partial charge on any atom is -0.508 e. The Bertz CT molecular complexity index is 595. The Labute approximate surface area is 133 Å². The first-order valence-corrected chi connectivity index (χ1v) is 8.89. The SMILES string of the molecule is C[C@@H]1Cc2cc(O)ccc2[C@@H]2[C@@H]1[C@@H]1C[C@H](O)C[C@@]1(C)C[C@@H]2C. The highest BCUT2D eigenvalue weighted by Gasteiger charge is 2.56. The van der Waals surface area contributed by atoms with Crippen molar-refractivity contribution in [1.29, 1.82) is 0 Å². The molecule has 0 saturated heterocycles. The van der Waals surface area contributed by atoms with Crippen molar-refractivity contribution >= 4 is 0 Å². The van der Waals surface area contributed by atoms with Crippen LogP contribution in [0.3, 0.4) is 0 Å². The quantitative estimate of drug-likeness (QED) is 0.757. The van der Waals surface area contributed by atoms with Gasteiger partial charge in [0.05, 0.1) is 6.10 Å². The van der Waals surface area contributed by atoms with E-state index >= 15 is 0 Å². The molecule has 0 aromatic heterocycles. The molecule has 0 unspecified atom stereocenters. The van der Waals surface area contributed by atoms with Crippen LogP contribution in [-0.4, -0.2) is 16.3 Å². The minimum atomic E-state index is -0.102. The summed E-state index contributed by atoms with van der Waals surface area (Å²) in [5, 5.41) is 20.1. The molecule has 1 aromatic carbocycles. The molecule has 2 fully saturated rings. The average molecular weight is 300 g/mol. The molecular weight excluding hydrogens is 272 g/mol.